The van der Waals surface area contributed by atoms with Gasteiger partial charge >= 0.3 is 0 Å². The van der Waals surface area contributed by atoms with Gasteiger partial charge < -0.3 is 20.1 Å². The minimum Gasteiger partial charge on any atom is -0.481 e. The molecular weight excluding hydrogens is 419 g/mol. The summed E-state index contributed by atoms with van der Waals surface area (Å²) in [4.78, 5) is 8.93. The lowest BCUT2D eigenvalue weighted by Gasteiger charge is -2.30. The van der Waals surface area contributed by atoms with Crippen LogP contribution in [-0.2, 0) is 11.3 Å². The molecule has 0 spiro atoms. The summed E-state index contributed by atoms with van der Waals surface area (Å²) in [5.74, 6) is 1.35. The Morgan fingerprint density at radius 2 is 1.96 bits per heavy atom. The predicted molar refractivity (Wildman–Crippen MR) is 109 cm³/mol. The molecule has 0 aliphatic heterocycles. The first-order chi connectivity index (χ1) is 10.9. The third kappa shape index (κ3) is 8.14. The zero-order valence-corrected chi connectivity index (χ0v) is 17.9. The summed E-state index contributed by atoms with van der Waals surface area (Å²) in [6.07, 6.45) is 0.0984. The Bertz CT molecular complexity index is 504. The van der Waals surface area contributed by atoms with E-state index in [0.717, 1.165) is 18.2 Å². The molecule has 1 unspecified atom stereocenters. The molecule has 7 heteroatoms. The highest BCUT2D eigenvalue weighted by Crippen LogP contribution is 2.20. The van der Waals surface area contributed by atoms with Crippen LogP contribution in [0.4, 0.5) is 0 Å². The molecule has 1 aromatic rings. The minimum atomic E-state index is 0. The number of methoxy groups -OCH3 is 2. The number of ether oxygens (including phenoxy) is 2. The Morgan fingerprint density at radius 3 is 2.50 bits per heavy atom. The van der Waals surface area contributed by atoms with Crippen molar-refractivity contribution in [3.8, 4) is 5.88 Å². The number of aromatic nitrogens is 1. The molecule has 24 heavy (non-hydrogen) atoms. The van der Waals surface area contributed by atoms with Crippen LogP contribution in [0.1, 0.15) is 33.4 Å². The van der Waals surface area contributed by atoms with E-state index in [1.54, 1.807) is 14.2 Å². The molecule has 0 bridgehead atoms. The fraction of sp³-hybridized carbons (Fsp3) is 0.647. The number of aliphatic imine (C=N–C) groups is 1. The molecule has 1 heterocycles. The van der Waals surface area contributed by atoms with E-state index in [2.05, 4.69) is 41.4 Å². The van der Waals surface area contributed by atoms with Crippen molar-refractivity contribution in [2.75, 3.05) is 27.3 Å². The summed E-state index contributed by atoms with van der Waals surface area (Å²) in [5.41, 5.74) is 0.925. The van der Waals surface area contributed by atoms with Gasteiger partial charge in [0.15, 0.2) is 5.96 Å². The van der Waals surface area contributed by atoms with Gasteiger partial charge in [-0.15, -0.1) is 24.0 Å². The molecule has 0 aliphatic carbocycles. The van der Waals surface area contributed by atoms with Crippen molar-refractivity contribution in [3.63, 3.8) is 0 Å². The first-order valence-corrected chi connectivity index (χ1v) is 7.95. The van der Waals surface area contributed by atoms with Gasteiger partial charge in [-0.3, -0.25) is 0 Å². The minimum absolute atomic E-state index is 0. The van der Waals surface area contributed by atoms with E-state index >= 15 is 0 Å². The molecule has 0 aliphatic rings. The van der Waals surface area contributed by atoms with Crippen molar-refractivity contribution in [2.45, 2.75) is 40.3 Å². The molecule has 0 saturated heterocycles. The third-order valence-corrected chi connectivity index (χ3v) is 3.44. The van der Waals surface area contributed by atoms with Gasteiger partial charge in [0.1, 0.15) is 0 Å². The van der Waals surface area contributed by atoms with Crippen LogP contribution in [-0.4, -0.2) is 44.4 Å². The van der Waals surface area contributed by atoms with E-state index in [-0.39, 0.29) is 35.5 Å². The number of guanidine groups is 1. The second kappa shape index (κ2) is 11.5. The molecule has 1 aromatic heterocycles. The van der Waals surface area contributed by atoms with E-state index in [0.29, 0.717) is 19.0 Å². The van der Waals surface area contributed by atoms with Gasteiger partial charge in [0.05, 0.1) is 25.5 Å². The lowest BCUT2D eigenvalue weighted by molar-refractivity contribution is 0.0205. The summed E-state index contributed by atoms with van der Waals surface area (Å²) in [5, 5.41) is 6.57. The van der Waals surface area contributed by atoms with Crippen LogP contribution in [0.2, 0.25) is 0 Å². The van der Waals surface area contributed by atoms with Gasteiger partial charge in [0.25, 0.3) is 0 Å². The highest BCUT2D eigenvalue weighted by molar-refractivity contribution is 14.0. The van der Waals surface area contributed by atoms with Crippen molar-refractivity contribution in [1.82, 2.24) is 15.6 Å². The molecule has 0 fully saturated rings. The van der Waals surface area contributed by atoms with E-state index in [9.17, 15) is 0 Å². The Morgan fingerprint density at radius 1 is 1.25 bits per heavy atom. The lowest BCUT2D eigenvalue weighted by Crippen LogP contribution is -2.45. The van der Waals surface area contributed by atoms with Crippen molar-refractivity contribution in [1.29, 1.82) is 0 Å². The second-order valence-electron chi connectivity index (χ2n) is 6.34. The highest BCUT2D eigenvalue weighted by Gasteiger charge is 2.24. The monoisotopic (exact) mass is 450 g/mol. The lowest BCUT2D eigenvalue weighted by atomic mass is 9.89. The zero-order chi connectivity index (χ0) is 17.3. The molecule has 1 atom stereocenters. The average molecular weight is 450 g/mol. The number of pyridine rings is 1. The maximum atomic E-state index is 5.56. The van der Waals surface area contributed by atoms with Crippen molar-refractivity contribution >= 4 is 29.9 Å². The summed E-state index contributed by atoms with van der Waals surface area (Å²) in [6, 6.07) is 5.67. The Labute approximate surface area is 162 Å². The Balaban J connectivity index is 0.00000529. The summed E-state index contributed by atoms with van der Waals surface area (Å²) < 4.78 is 10.7. The standard InChI is InChI=1S/C17H30N4O2.HI/c1-7-18-16(20-12-14(22-5)17(2,3)4)19-11-13-9-8-10-15(21-13)23-6;/h8-10,14H,7,11-12H2,1-6H3,(H2,18,19,20);1H. The van der Waals surface area contributed by atoms with Gasteiger partial charge in [0, 0.05) is 26.3 Å². The van der Waals surface area contributed by atoms with Gasteiger partial charge in [-0.1, -0.05) is 26.8 Å². The molecule has 0 saturated carbocycles. The first kappa shape index (κ1) is 22.9. The maximum Gasteiger partial charge on any atom is 0.213 e. The van der Waals surface area contributed by atoms with E-state index < -0.39 is 0 Å². The van der Waals surface area contributed by atoms with Gasteiger partial charge in [-0.05, 0) is 18.4 Å². The molecule has 2 N–H and O–H groups in total. The number of hydrogen-bond acceptors (Lipinski definition) is 4. The second-order valence-corrected chi connectivity index (χ2v) is 6.34. The average Bonchev–Trinajstić information content (AvgIpc) is 2.52. The van der Waals surface area contributed by atoms with Crippen molar-refractivity contribution in [2.24, 2.45) is 10.4 Å². The first-order valence-electron chi connectivity index (χ1n) is 7.95. The summed E-state index contributed by atoms with van der Waals surface area (Å²) in [6.45, 7) is 10.5. The molecule has 1 rings (SSSR count). The third-order valence-electron chi connectivity index (χ3n) is 3.44. The number of hydrogen-bond donors (Lipinski definition) is 2. The van der Waals surface area contributed by atoms with Crippen LogP contribution in [0.25, 0.3) is 0 Å². The predicted octanol–water partition coefficient (Wildman–Crippen LogP) is 2.82. The van der Waals surface area contributed by atoms with Crippen LogP contribution < -0.4 is 15.4 Å². The van der Waals surface area contributed by atoms with Gasteiger partial charge in [-0.2, -0.15) is 0 Å². The van der Waals surface area contributed by atoms with E-state index in [1.165, 1.54) is 0 Å². The van der Waals surface area contributed by atoms with Crippen LogP contribution in [0.3, 0.4) is 0 Å². The smallest absolute Gasteiger partial charge is 0.213 e. The van der Waals surface area contributed by atoms with Gasteiger partial charge in [0.2, 0.25) is 5.88 Å². The van der Waals surface area contributed by atoms with Crippen LogP contribution >= 0.6 is 24.0 Å². The molecule has 0 aromatic carbocycles. The Kier molecular flexibility index (Phi) is 10.9. The number of rotatable bonds is 7. The topological polar surface area (TPSA) is 67.8 Å². The zero-order valence-electron chi connectivity index (χ0n) is 15.5. The summed E-state index contributed by atoms with van der Waals surface area (Å²) >= 11 is 0. The molecular formula is C17H31IN4O2. The van der Waals surface area contributed by atoms with Crippen LogP contribution in [0, 0.1) is 5.41 Å². The fourth-order valence-corrected chi connectivity index (χ4v) is 2.09. The number of halogens is 1. The number of nitrogens with zero attached hydrogens (tertiary/aromatic N) is 2. The van der Waals surface area contributed by atoms with Crippen molar-refractivity contribution in [3.05, 3.63) is 23.9 Å². The van der Waals surface area contributed by atoms with E-state index in [4.69, 9.17) is 9.47 Å². The number of nitrogens with one attached hydrogen (secondary N) is 2. The molecule has 0 amide bonds. The summed E-state index contributed by atoms with van der Waals surface area (Å²) in [7, 11) is 3.35. The van der Waals surface area contributed by atoms with Crippen LogP contribution in [0.5, 0.6) is 5.88 Å². The highest BCUT2D eigenvalue weighted by atomic mass is 127. The van der Waals surface area contributed by atoms with Crippen molar-refractivity contribution < 1.29 is 9.47 Å². The fourth-order valence-electron chi connectivity index (χ4n) is 2.09. The quantitative estimate of drug-likeness (QED) is 0.380. The SMILES string of the molecule is CCNC(=NCc1cccc(OC)n1)NCC(OC)C(C)(C)C.I. The van der Waals surface area contributed by atoms with E-state index in [1.807, 2.05) is 25.1 Å². The normalized spacial score (nSPS) is 13.0. The Hall–Kier alpha value is -1.09. The maximum absolute atomic E-state index is 5.56. The van der Waals surface area contributed by atoms with Crippen LogP contribution in [0.15, 0.2) is 23.2 Å². The molecule has 6 nitrogen and oxygen atoms in total. The largest absolute Gasteiger partial charge is 0.481 e. The molecule has 0 radical (unpaired) electrons. The van der Waals surface area contributed by atoms with Gasteiger partial charge in [-0.25, -0.2) is 9.98 Å². The molecule has 138 valence electrons.